The van der Waals surface area contributed by atoms with Crippen LogP contribution in [0.4, 0.5) is 0 Å². The van der Waals surface area contributed by atoms with E-state index in [2.05, 4.69) is 31.9 Å². The Labute approximate surface area is 130 Å². The summed E-state index contributed by atoms with van der Waals surface area (Å²) in [7, 11) is 0. The molecule has 0 saturated heterocycles. The van der Waals surface area contributed by atoms with E-state index in [0.717, 1.165) is 18.7 Å². The van der Waals surface area contributed by atoms with Crippen LogP contribution in [0, 0.1) is 0 Å². The number of hydrogen-bond donors (Lipinski definition) is 1. The molecule has 17 heavy (non-hydrogen) atoms. The highest BCUT2D eigenvalue weighted by Crippen LogP contribution is 2.40. The molecule has 2 rings (SSSR count). The van der Waals surface area contributed by atoms with Gasteiger partial charge in [-0.25, -0.2) is 0 Å². The lowest BCUT2D eigenvalue weighted by atomic mass is 10.1. The normalized spacial score (nSPS) is 12.8. The zero-order valence-electron chi connectivity index (χ0n) is 8.38. The quantitative estimate of drug-likeness (QED) is 0.676. The maximum absolute atomic E-state index is 6.20. The highest BCUT2D eigenvalue weighted by atomic mass is 79.9. The molecular formula is C11H7Br2Cl2NS. The molecule has 0 aliphatic carbocycles. The van der Waals surface area contributed by atoms with E-state index in [1.807, 2.05) is 6.07 Å². The number of rotatable bonds is 2. The van der Waals surface area contributed by atoms with E-state index >= 15 is 0 Å². The molecule has 1 atom stereocenters. The third kappa shape index (κ3) is 2.88. The number of hydrogen-bond acceptors (Lipinski definition) is 2. The van der Waals surface area contributed by atoms with Crippen molar-refractivity contribution < 1.29 is 0 Å². The largest absolute Gasteiger partial charge is 0.320 e. The average Bonchev–Trinajstić information content (AvgIpc) is 2.59. The Balaban J connectivity index is 2.47. The van der Waals surface area contributed by atoms with Crippen LogP contribution in [0.25, 0.3) is 0 Å². The second kappa shape index (κ2) is 5.59. The van der Waals surface area contributed by atoms with Crippen LogP contribution in [0.2, 0.25) is 10.0 Å². The Hall–Kier alpha value is 0.420. The molecule has 2 N–H and O–H groups in total. The van der Waals surface area contributed by atoms with Gasteiger partial charge in [0.05, 0.1) is 9.83 Å². The second-order valence-corrected chi connectivity index (χ2v) is 7.45. The molecule has 90 valence electrons. The standard InChI is InChI=1S/C11H7Br2Cl2NS/c12-5-4-8(17-11(5)13)10(16)9-6(14)2-1-3-7(9)15/h1-4,10H,16H2. The number of thiophene rings is 1. The van der Waals surface area contributed by atoms with Crippen LogP contribution >= 0.6 is 66.4 Å². The van der Waals surface area contributed by atoms with Gasteiger partial charge in [-0.05, 0) is 50.1 Å². The topological polar surface area (TPSA) is 26.0 Å². The number of benzene rings is 1. The van der Waals surface area contributed by atoms with Crippen LogP contribution in [-0.2, 0) is 0 Å². The summed E-state index contributed by atoms with van der Waals surface area (Å²) < 4.78 is 1.99. The van der Waals surface area contributed by atoms with Gasteiger partial charge in [-0.2, -0.15) is 0 Å². The minimum Gasteiger partial charge on any atom is -0.320 e. The van der Waals surface area contributed by atoms with Crippen LogP contribution < -0.4 is 5.73 Å². The van der Waals surface area contributed by atoms with Gasteiger partial charge in [0.15, 0.2) is 0 Å². The van der Waals surface area contributed by atoms with E-state index in [4.69, 9.17) is 28.9 Å². The van der Waals surface area contributed by atoms with Gasteiger partial charge in [-0.15, -0.1) is 11.3 Å². The van der Waals surface area contributed by atoms with Crippen molar-refractivity contribution in [2.75, 3.05) is 0 Å². The summed E-state index contributed by atoms with van der Waals surface area (Å²) in [6.45, 7) is 0. The lowest BCUT2D eigenvalue weighted by Crippen LogP contribution is -2.11. The second-order valence-electron chi connectivity index (χ2n) is 3.38. The predicted octanol–water partition coefficient (Wildman–Crippen LogP) is 5.63. The van der Waals surface area contributed by atoms with Gasteiger partial charge >= 0.3 is 0 Å². The first-order valence-corrected chi connectivity index (χ1v) is 7.80. The van der Waals surface area contributed by atoms with Gasteiger partial charge in [0, 0.05) is 25.0 Å². The molecule has 0 spiro atoms. The molecule has 1 nitrogen and oxygen atoms in total. The Kier molecular flexibility index (Phi) is 4.55. The van der Waals surface area contributed by atoms with Gasteiger partial charge < -0.3 is 5.73 Å². The highest BCUT2D eigenvalue weighted by Gasteiger charge is 2.18. The molecule has 0 saturated carbocycles. The minimum absolute atomic E-state index is 0.316. The summed E-state index contributed by atoms with van der Waals surface area (Å²) in [5.41, 5.74) is 6.96. The van der Waals surface area contributed by atoms with Crippen LogP contribution in [0.1, 0.15) is 16.5 Å². The molecule has 1 aromatic carbocycles. The summed E-state index contributed by atoms with van der Waals surface area (Å²) in [6.07, 6.45) is 0. The zero-order chi connectivity index (χ0) is 12.6. The van der Waals surface area contributed by atoms with Gasteiger partial charge in [0.2, 0.25) is 0 Å². The first-order valence-electron chi connectivity index (χ1n) is 4.65. The Morgan fingerprint density at radius 2 is 1.76 bits per heavy atom. The van der Waals surface area contributed by atoms with Crippen molar-refractivity contribution in [1.29, 1.82) is 0 Å². The molecule has 1 unspecified atom stereocenters. The van der Waals surface area contributed by atoms with Gasteiger partial charge in [0.25, 0.3) is 0 Å². The van der Waals surface area contributed by atoms with Crippen molar-refractivity contribution >= 4 is 66.4 Å². The summed E-state index contributed by atoms with van der Waals surface area (Å²) in [5, 5.41) is 1.18. The summed E-state index contributed by atoms with van der Waals surface area (Å²) in [6, 6.07) is 7.05. The van der Waals surface area contributed by atoms with Crippen LogP contribution in [0.3, 0.4) is 0 Å². The molecule has 0 aliphatic heterocycles. The summed E-state index contributed by atoms with van der Waals surface area (Å²) in [5.74, 6) is 0. The fourth-order valence-electron chi connectivity index (χ4n) is 1.47. The Bertz CT molecular complexity index is 517. The van der Waals surface area contributed by atoms with Crippen molar-refractivity contribution in [2.24, 2.45) is 5.73 Å². The number of halogens is 4. The molecule has 0 amide bonds. The van der Waals surface area contributed by atoms with Crippen molar-refractivity contribution in [3.63, 3.8) is 0 Å². The lowest BCUT2D eigenvalue weighted by Gasteiger charge is -2.13. The van der Waals surface area contributed by atoms with Crippen molar-refractivity contribution in [3.05, 3.63) is 53.0 Å². The molecule has 1 aromatic heterocycles. The van der Waals surface area contributed by atoms with E-state index in [1.54, 1.807) is 29.5 Å². The lowest BCUT2D eigenvalue weighted by molar-refractivity contribution is 0.893. The monoisotopic (exact) mass is 413 g/mol. The van der Waals surface area contributed by atoms with Crippen LogP contribution in [0.5, 0.6) is 0 Å². The Morgan fingerprint density at radius 3 is 2.24 bits per heavy atom. The van der Waals surface area contributed by atoms with E-state index in [9.17, 15) is 0 Å². The third-order valence-electron chi connectivity index (χ3n) is 2.28. The molecule has 6 heteroatoms. The smallest absolute Gasteiger partial charge is 0.0843 e. The van der Waals surface area contributed by atoms with Crippen molar-refractivity contribution in [3.8, 4) is 0 Å². The zero-order valence-corrected chi connectivity index (χ0v) is 13.9. The predicted molar refractivity (Wildman–Crippen MR) is 82.2 cm³/mol. The van der Waals surface area contributed by atoms with Gasteiger partial charge in [-0.3, -0.25) is 0 Å². The van der Waals surface area contributed by atoms with Crippen LogP contribution in [0.15, 0.2) is 32.5 Å². The average molecular weight is 416 g/mol. The fourth-order valence-corrected chi connectivity index (χ4v) is 4.20. The molecule has 2 aromatic rings. The third-order valence-corrected chi connectivity index (χ3v) is 6.28. The minimum atomic E-state index is -0.316. The number of nitrogens with two attached hydrogens (primary N) is 1. The molecule has 0 fully saturated rings. The fraction of sp³-hybridized carbons (Fsp3) is 0.0909. The van der Waals surface area contributed by atoms with E-state index in [-0.39, 0.29) is 6.04 Å². The molecule has 0 aliphatic rings. The molecule has 0 bridgehead atoms. The SMILES string of the molecule is NC(c1cc(Br)c(Br)s1)c1c(Cl)cccc1Cl. The van der Waals surface area contributed by atoms with E-state index in [1.165, 1.54) is 0 Å². The van der Waals surface area contributed by atoms with Gasteiger partial charge in [0.1, 0.15) is 0 Å². The maximum Gasteiger partial charge on any atom is 0.0843 e. The van der Waals surface area contributed by atoms with Crippen LogP contribution in [-0.4, -0.2) is 0 Å². The summed E-state index contributed by atoms with van der Waals surface area (Å²) in [4.78, 5) is 0.999. The van der Waals surface area contributed by atoms with Crippen molar-refractivity contribution in [1.82, 2.24) is 0 Å². The molecule has 1 heterocycles. The van der Waals surface area contributed by atoms with Crippen molar-refractivity contribution in [2.45, 2.75) is 6.04 Å². The first kappa shape index (κ1) is 13.8. The Morgan fingerprint density at radius 1 is 1.18 bits per heavy atom. The summed E-state index contributed by atoms with van der Waals surface area (Å²) >= 11 is 20.7. The maximum atomic E-state index is 6.20. The van der Waals surface area contributed by atoms with Gasteiger partial charge in [-0.1, -0.05) is 29.3 Å². The molecular weight excluding hydrogens is 409 g/mol. The van der Waals surface area contributed by atoms with E-state index < -0.39 is 0 Å². The first-order chi connectivity index (χ1) is 8.00. The highest BCUT2D eigenvalue weighted by molar-refractivity contribution is 9.13. The van der Waals surface area contributed by atoms with E-state index in [0.29, 0.717) is 10.0 Å². The molecule has 0 radical (unpaired) electrons.